The number of aliphatic hydroxyl groups excluding tert-OH is 3. The number of anilines is 2. The van der Waals surface area contributed by atoms with Crippen LogP contribution in [0.3, 0.4) is 0 Å². The van der Waals surface area contributed by atoms with Gasteiger partial charge in [0.05, 0.1) is 58.4 Å². The zero-order valence-corrected chi connectivity index (χ0v) is 38.4. The number of halogens is 2. The molecule has 0 spiro atoms. The molecule has 19 heteroatoms. The van der Waals surface area contributed by atoms with Gasteiger partial charge in [-0.15, -0.1) is 0 Å². The van der Waals surface area contributed by atoms with E-state index in [2.05, 4.69) is 37.6 Å². The van der Waals surface area contributed by atoms with Gasteiger partial charge in [-0.3, -0.25) is 19.5 Å². The van der Waals surface area contributed by atoms with E-state index >= 15 is 0 Å². The number of carbonyl (C=O) groups excluding carboxylic acids is 1. The minimum atomic E-state index is -2.87. The van der Waals surface area contributed by atoms with Gasteiger partial charge in [-0.25, -0.2) is 18.3 Å². The van der Waals surface area contributed by atoms with Crippen LogP contribution in [-0.4, -0.2) is 129 Å². The van der Waals surface area contributed by atoms with E-state index in [9.17, 15) is 28.9 Å². The maximum atomic E-state index is 14.3. The van der Waals surface area contributed by atoms with Crippen LogP contribution in [0.1, 0.15) is 132 Å². The molecule has 2 aliphatic carbocycles. The van der Waals surface area contributed by atoms with Crippen molar-refractivity contribution < 1.29 is 38.4 Å². The van der Waals surface area contributed by atoms with Crippen molar-refractivity contribution >= 4 is 34.0 Å². The van der Waals surface area contributed by atoms with Crippen LogP contribution in [-0.2, 0) is 4.74 Å². The number of hydrogen-bond donors (Lipinski definition) is 5. The van der Waals surface area contributed by atoms with Gasteiger partial charge in [-0.1, -0.05) is 13.0 Å². The van der Waals surface area contributed by atoms with Crippen molar-refractivity contribution in [1.29, 1.82) is 0 Å². The van der Waals surface area contributed by atoms with Crippen molar-refractivity contribution in [3.05, 3.63) is 59.8 Å². The summed E-state index contributed by atoms with van der Waals surface area (Å²) in [6, 6.07) is 7.40. The number of alkyl halides is 2. The van der Waals surface area contributed by atoms with Crippen LogP contribution in [0.15, 0.2) is 42.9 Å². The van der Waals surface area contributed by atoms with Crippen LogP contribution in [0.25, 0.3) is 16.6 Å². The Morgan fingerprint density at radius 1 is 1.05 bits per heavy atom. The molecule has 17 nitrogen and oxygen atoms in total. The van der Waals surface area contributed by atoms with Gasteiger partial charge in [-0.05, 0) is 103 Å². The smallest absolute Gasteiger partial charge is 0.284 e. The second-order valence-electron chi connectivity index (χ2n) is 19.4. The van der Waals surface area contributed by atoms with E-state index in [0.717, 1.165) is 99.8 Å². The van der Waals surface area contributed by atoms with E-state index in [1.54, 1.807) is 23.9 Å². The third kappa shape index (κ3) is 9.92. The molecule has 1 aromatic carbocycles. The molecule has 1 amide bonds. The van der Waals surface area contributed by atoms with Crippen molar-refractivity contribution in [3.63, 3.8) is 0 Å². The molecule has 0 unspecified atom stereocenters. The topological polar surface area (TPSA) is 193 Å². The first-order valence-electron chi connectivity index (χ1n) is 23.9. The molecule has 5 N–H and O–H groups in total. The number of rotatable bonds is 16. The predicted octanol–water partition coefficient (Wildman–Crippen LogP) is 6.14. The molecule has 2 aliphatic heterocycles. The number of aryl methyl sites for hydroxylation is 1. The number of fused-ring (bicyclic) bond motifs is 2. The summed E-state index contributed by atoms with van der Waals surface area (Å²) in [5.41, 5.74) is 1.46. The largest absolute Gasteiger partial charge is 0.489 e. The Kier molecular flexibility index (Phi) is 13.6. The lowest BCUT2D eigenvalue weighted by molar-refractivity contribution is -0.175. The fraction of sp³-hybridized carbons (Fsp3) is 0.638. The number of aliphatic hydroxyl groups is 3. The summed E-state index contributed by atoms with van der Waals surface area (Å²) in [4.78, 5) is 22.7. The average molecular weight is 918 g/mol. The van der Waals surface area contributed by atoms with Crippen LogP contribution >= 0.6 is 0 Å². The first kappa shape index (κ1) is 46.3. The fourth-order valence-electron chi connectivity index (χ4n) is 10.8. The number of amides is 1. The van der Waals surface area contributed by atoms with Crippen molar-refractivity contribution in [3.8, 4) is 5.75 Å². The number of nitrogens with zero attached hydrogens (tertiary/aromatic N) is 9. The van der Waals surface area contributed by atoms with Crippen LogP contribution in [0.4, 0.5) is 20.3 Å². The Labute approximate surface area is 383 Å². The van der Waals surface area contributed by atoms with Gasteiger partial charge in [0.15, 0.2) is 11.3 Å². The Morgan fingerprint density at radius 2 is 1.82 bits per heavy atom. The number of benzene rings is 1. The number of piperidine rings is 2. The zero-order chi connectivity index (χ0) is 46.3. The lowest BCUT2D eigenvalue weighted by atomic mass is 9.78. The summed E-state index contributed by atoms with van der Waals surface area (Å²) in [7, 11) is 0. The second-order valence-corrected chi connectivity index (χ2v) is 19.4. The summed E-state index contributed by atoms with van der Waals surface area (Å²) < 4.78 is 46.9. The molecule has 4 fully saturated rings. The summed E-state index contributed by atoms with van der Waals surface area (Å²) in [6.07, 6.45) is 8.85. The fourth-order valence-corrected chi connectivity index (χ4v) is 10.8. The summed E-state index contributed by atoms with van der Waals surface area (Å²) >= 11 is 0. The third-order valence-corrected chi connectivity index (χ3v) is 14.1. The van der Waals surface area contributed by atoms with E-state index < -0.39 is 36.6 Å². The van der Waals surface area contributed by atoms with E-state index in [0.29, 0.717) is 37.7 Å². The summed E-state index contributed by atoms with van der Waals surface area (Å²) in [5, 5.41) is 50.4. The molecule has 2 saturated heterocycles. The van der Waals surface area contributed by atoms with E-state index in [1.807, 2.05) is 41.6 Å². The summed E-state index contributed by atoms with van der Waals surface area (Å²) in [6.45, 7) is 11.9. The Balaban J connectivity index is 0.733. The highest BCUT2D eigenvalue weighted by molar-refractivity contribution is 6.08. The van der Waals surface area contributed by atoms with E-state index in [1.165, 1.54) is 16.9 Å². The van der Waals surface area contributed by atoms with Gasteiger partial charge < -0.3 is 39.9 Å². The van der Waals surface area contributed by atoms with Gasteiger partial charge in [-0.2, -0.15) is 15.3 Å². The Hall–Kier alpha value is -4.79. The highest BCUT2D eigenvalue weighted by Gasteiger charge is 2.45. The molecule has 0 bridgehead atoms. The maximum absolute atomic E-state index is 14.3. The first-order valence-corrected chi connectivity index (χ1v) is 23.9. The first-order chi connectivity index (χ1) is 31.7. The molecule has 6 heterocycles. The highest BCUT2D eigenvalue weighted by Crippen LogP contribution is 2.43. The highest BCUT2D eigenvalue weighted by atomic mass is 19.3. The van der Waals surface area contributed by atoms with Crippen LogP contribution in [0, 0.1) is 12.8 Å². The van der Waals surface area contributed by atoms with Crippen LogP contribution < -0.4 is 20.3 Å². The predicted molar refractivity (Wildman–Crippen MR) is 244 cm³/mol. The molecule has 2 saturated carbocycles. The van der Waals surface area contributed by atoms with E-state index in [-0.39, 0.29) is 46.8 Å². The molecule has 4 aromatic heterocycles. The number of likely N-dealkylation sites (tertiary alicyclic amines) is 1. The third-order valence-electron chi connectivity index (χ3n) is 14.1. The SMILES string of the molecule is CCCN(C[C@@H](C)O)c1ccn2ncc(C(=O)Nc3cn(C4CCC(CN5CCC(OC6(C)CC(Oc7cccc8c7c(C)nn8[C@H]7CC[C@H](O)N[C@H]7O)C6)CC5)CC4)nc3C(F)F)c2n1. The quantitative estimate of drug-likeness (QED) is 0.0759. The van der Waals surface area contributed by atoms with Crippen molar-refractivity contribution in [2.75, 3.05) is 42.9 Å². The monoisotopic (exact) mass is 918 g/mol. The number of aromatic nitrogens is 7. The number of hydrogen-bond acceptors (Lipinski definition) is 13. The van der Waals surface area contributed by atoms with Crippen LogP contribution in [0.2, 0.25) is 0 Å². The molecule has 358 valence electrons. The van der Waals surface area contributed by atoms with Gasteiger partial charge in [0.1, 0.15) is 35.7 Å². The van der Waals surface area contributed by atoms with Crippen molar-refractivity contribution in [2.45, 2.75) is 153 Å². The Morgan fingerprint density at radius 3 is 2.53 bits per heavy atom. The molecule has 5 aromatic rings. The second kappa shape index (κ2) is 19.4. The molecular weight excluding hydrogens is 853 g/mol. The van der Waals surface area contributed by atoms with Gasteiger partial charge in [0.25, 0.3) is 12.3 Å². The molecule has 9 rings (SSSR count). The minimum absolute atomic E-state index is 0.0209. The molecule has 0 radical (unpaired) electrons. The summed E-state index contributed by atoms with van der Waals surface area (Å²) in [5.74, 6) is 1.28. The molecular formula is C47H65F2N11O6. The van der Waals surface area contributed by atoms with Crippen molar-refractivity contribution in [2.24, 2.45) is 5.92 Å². The number of carbonyl (C=O) groups is 1. The average Bonchev–Trinajstić information content (AvgIpc) is 3.99. The Bertz CT molecular complexity index is 2450. The molecule has 4 atom stereocenters. The molecule has 66 heavy (non-hydrogen) atoms. The normalized spacial score (nSPS) is 27.1. The number of nitrogens with one attached hydrogen (secondary N) is 2. The van der Waals surface area contributed by atoms with Gasteiger partial charge >= 0.3 is 0 Å². The lowest BCUT2D eigenvalue weighted by Gasteiger charge is -2.47. The van der Waals surface area contributed by atoms with Crippen LogP contribution in [0.5, 0.6) is 5.75 Å². The number of ether oxygens (including phenoxy) is 2. The lowest BCUT2D eigenvalue weighted by Crippen LogP contribution is -2.52. The molecule has 4 aliphatic rings. The zero-order valence-electron chi connectivity index (χ0n) is 38.4. The maximum Gasteiger partial charge on any atom is 0.284 e. The minimum Gasteiger partial charge on any atom is -0.489 e. The van der Waals surface area contributed by atoms with Gasteiger partial charge in [0.2, 0.25) is 0 Å². The standard InChI is InChI=1S/C47H65F2N11O6/c1-5-18-57(25-28(2)61)39-17-21-58-44(52-39)34(24-50-58)45(63)51-35-27-59(55-42(35)43(48)49)31-11-9-30(10-12-31)26-56-19-15-32(16-20-56)66-47(4)22-33(23-47)65-38-8-6-7-36-41(38)29(3)54-60(36)37-13-14-40(62)53-46(37)64/h6-8,17,21,24,27-28,30-33,37,40,43,46,53,61-62,64H,5,9-16,18-20,22-23,25-26H2,1-4H3,(H,51,63)/t28-,30?,31?,33?,37+,40+,46+,47?/m1/s1. The van der Waals surface area contributed by atoms with E-state index in [4.69, 9.17) is 14.6 Å². The van der Waals surface area contributed by atoms with Gasteiger partial charge in [0, 0.05) is 58.0 Å². The van der Waals surface area contributed by atoms with Crippen molar-refractivity contribution in [1.82, 2.24) is 44.4 Å².